The van der Waals surface area contributed by atoms with E-state index in [0.29, 0.717) is 4.90 Å². The van der Waals surface area contributed by atoms with Gasteiger partial charge in [-0.15, -0.1) is 11.8 Å². The molecule has 1 amide bonds. The van der Waals surface area contributed by atoms with E-state index >= 15 is 0 Å². The fourth-order valence-electron chi connectivity index (χ4n) is 1.89. The number of benzene rings is 2. The minimum Gasteiger partial charge on any atom is -0.455 e. The van der Waals surface area contributed by atoms with Crippen LogP contribution in [0.25, 0.3) is 0 Å². The highest BCUT2D eigenvalue weighted by Gasteiger charge is 2.12. The van der Waals surface area contributed by atoms with Gasteiger partial charge in [-0.1, -0.05) is 18.2 Å². The van der Waals surface area contributed by atoms with Crippen LogP contribution in [0.5, 0.6) is 0 Å². The molecule has 0 aliphatic rings. The summed E-state index contributed by atoms with van der Waals surface area (Å²) in [6.07, 6.45) is 1.06. The van der Waals surface area contributed by atoms with Crippen LogP contribution in [0.3, 0.4) is 0 Å². The Morgan fingerprint density at radius 1 is 1.15 bits per heavy atom. The maximum atomic E-state index is 13.4. The number of hydrogen-bond acceptors (Lipinski definition) is 6. The van der Waals surface area contributed by atoms with Crippen LogP contribution in [0.4, 0.5) is 10.1 Å². The van der Waals surface area contributed by atoms with Crippen molar-refractivity contribution in [2.75, 3.05) is 23.9 Å². The van der Waals surface area contributed by atoms with E-state index in [0.717, 1.165) is 18.0 Å². The number of amides is 1. The third-order valence-electron chi connectivity index (χ3n) is 3.09. The van der Waals surface area contributed by atoms with Crippen LogP contribution in [0.2, 0.25) is 0 Å². The number of ether oxygens (including phenoxy) is 1. The number of sulfone groups is 1. The van der Waals surface area contributed by atoms with Crippen LogP contribution in [0.15, 0.2) is 58.3 Å². The smallest absolute Gasteiger partial charge is 0.316 e. The minimum atomic E-state index is -3.39. The predicted molar refractivity (Wildman–Crippen MR) is 96.3 cm³/mol. The van der Waals surface area contributed by atoms with Crippen LogP contribution < -0.4 is 5.32 Å². The summed E-state index contributed by atoms with van der Waals surface area (Å²) in [5.74, 6) is -1.86. The topological polar surface area (TPSA) is 89.5 Å². The molecule has 0 bridgehead atoms. The Kier molecular flexibility index (Phi) is 6.76. The molecule has 0 saturated carbocycles. The number of thioether (sulfide) groups is 1. The van der Waals surface area contributed by atoms with Crippen molar-refractivity contribution < 1.29 is 27.1 Å². The quantitative estimate of drug-likeness (QED) is 0.570. The number of hydrogen-bond donors (Lipinski definition) is 1. The maximum absolute atomic E-state index is 13.4. The molecule has 0 aromatic heterocycles. The van der Waals surface area contributed by atoms with E-state index in [2.05, 4.69) is 5.32 Å². The van der Waals surface area contributed by atoms with Crippen molar-refractivity contribution in [1.29, 1.82) is 0 Å². The Bertz CT molecular complexity index is 915. The second-order valence-corrected chi connectivity index (χ2v) is 8.26. The van der Waals surface area contributed by atoms with Crippen molar-refractivity contribution in [3.8, 4) is 0 Å². The molecule has 2 aromatic rings. The van der Waals surface area contributed by atoms with Crippen molar-refractivity contribution in [3.05, 3.63) is 54.3 Å². The SMILES string of the molecule is CS(=O)(=O)c1cccc(NC(=O)COC(=O)CSc2ccccc2F)c1. The van der Waals surface area contributed by atoms with Crippen molar-refractivity contribution in [2.45, 2.75) is 9.79 Å². The van der Waals surface area contributed by atoms with Gasteiger partial charge in [-0.05, 0) is 30.3 Å². The van der Waals surface area contributed by atoms with Gasteiger partial charge in [-0.2, -0.15) is 0 Å². The molecule has 0 radical (unpaired) electrons. The number of carbonyl (C=O) groups is 2. The van der Waals surface area contributed by atoms with Gasteiger partial charge in [0, 0.05) is 16.8 Å². The molecule has 0 spiro atoms. The number of rotatable bonds is 7. The fraction of sp³-hybridized carbons (Fsp3) is 0.176. The first-order valence-electron chi connectivity index (χ1n) is 7.38. The summed E-state index contributed by atoms with van der Waals surface area (Å²) in [5.41, 5.74) is 0.273. The molecular weight excluding hydrogens is 381 g/mol. The third kappa shape index (κ3) is 6.16. The lowest BCUT2D eigenvalue weighted by Crippen LogP contribution is -2.21. The van der Waals surface area contributed by atoms with Gasteiger partial charge in [0.2, 0.25) is 0 Å². The molecule has 9 heteroatoms. The van der Waals surface area contributed by atoms with Gasteiger partial charge in [-0.3, -0.25) is 9.59 Å². The average Bonchev–Trinajstić information content (AvgIpc) is 2.59. The molecule has 0 aliphatic carbocycles. The summed E-state index contributed by atoms with van der Waals surface area (Å²) in [5, 5.41) is 2.45. The molecule has 0 fully saturated rings. The summed E-state index contributed by atoms with van der Waals surface area (Å²) >= 11 is 0.968. The highest BCUT2D eigenvalue weighted by atomic mass is 32.2. The second-order valence-electron chi connectivity index (χ2n) is 5.23. The Morgan fingerprint density at radius 3 is 2.58 bits per heavy atom. The Balaban J connectivity index is 1.81. The Hall–Kier alpha value is -2.39. The first-order chi connectivity index (χ1) is 12.3. The average molecular weight is 397 g/mol. The lowest BCUT2D eigenvalue weighted by molar-refractivity contribution is -0.144. The van der Waals surface area contributed by atoms with Crippen molar-refractivity contribution in [1.82, 2.24) is 0 Å². The zero-order chi connectivity index (χ0) is 19.2. The number of halogens is 1. The van der Waals surface area contributed by atoms with Crippen molar-refractivity contribution >= 4 is 39.2 Å². The summed E-state index contributed by atoms with van der Waals surface area (Å²) in [4.78, 5) is 23.8. The molecule has 0 atom stereocenters. The van der Waals surface area contributed by atoms with Gasteiger partial charge in [-0.25, -0.2) is 12.8 Å². The number of carbonyl (C=O) groups excluding carboxylic acids is 2. The van der Waals surface area contributed by atoms with E-state index in [1.165, 1.54) is 36.4 Å². The van der Waals surface area contributed by atoms with E-state index in [-0.39, 0.29) is 16.3 Å². The molecule has 0 heterocycles. The lowest BCUT2D eigenvalue weighted by atomic mass is 10.3. The van der Waals surface area contributed by atoms with Gasteiger partial charge < -0.3 is 10.1 Å². The zero-order valence-electron chi connectivity index (χ0n) is 13.8. The van der Waals surface area contributed by atoms with Gasteiger partial charge in [0.1, 0.15) is 5.82 Å². The molecule has 6 nitrogen and oxygen atoms in total. The molecule has 0 unspecified atom stereocenters. The summed E-state index contributed by atoms with van der Waals surface area (Å²) in [7, 11) is -3.39. The first-order valence-corrected chi connectivity index (χ1v) is 10.3. The van der Waals surface area contributed by atoms with Gasteiger partial charge in [0.15, 0.2) is 16.4 Å². The Morgan fingerprint density at radius 2 is 1.88 bits per heavy atom. The maximum Gasteiger partial charge on any atom is 0.316 e. The van der Waals surface area contributed by atoms with Crippen LogP contribution in [-0.2, 0) is 24.2 Å². The fourth-order valence-corrected chi connectivity index (χ4v) is 3.29. The molecule has 0 aliphatic heterocycles. The van der Waals surface area contributed by atoms with Crippen molar-refractivity contribution in [3.63, 3.8) is 0 Å². The number of anilines is 1. The van der Waals surface area contributed by atoms with Crippen LogP contribution in [-0.4, -0.2) is 38.9 Å². The highest BCUT2D eigenvalue weighted by molar-refractivity contribution is 8.00. The molecule has 2 aromatic carbocycles. The Labute approximate surface area is 154 Å². The largest absolute Gasteiger partial charge is 0.455 e. The second kappa shape index (κ2) is 8.81. The zero-order valence-corrected chi connectivity index (χ0v) is 15.4. The monoisotopic (exact) mass is 397 g/mol. The van der Waals surface area contributed by atoms with E-state index in [1.54, 1.807) is 12.1 Å². The van der Waals surface area contributed by atoms with Gasteiger partial charge >= 0.3 is 5.97 Å². The summed E-state index contributed by atoms with van der Waals surface area (Å²) in [6, 6.07) is 11.7. The standard InChI is InChI=1S/C17H16FNO5S2/c1-26(22,23)13-6-4-5-12(9-13)19-16(20)10-24-17(21)11-25-15-8-3-2-7-14(15)18/h2-9H,10-11H2,1H3,(H,19,20). The van der Waals surface area contributed by atoms with E-state index in [9.17, 15) is 22.4 Å². The normalized spacial score (nSPS) is 11.0. The number of nitrogens with one attached hydrogen (secondary N) is 1. The molecule has 138 valence electrons. The van der Waals surface area contributed by atoms with Crippen LogP contribution in [0.1, 0.15) is 0 Å². The predicted octanol–water partition coefficient (Wildman–Crippen LogP) is 2.50. The molecule has 0 saturated heterocycles. The van der Waals surface area contributed by atoms with E-state index in [4.69, 9.17) is 4.74 Å². The van der Waals surface area contributed by atoms with Gasteiger partial charge in [0.25, 0.3) is 5.91 Å². The summed E-state index contributed by atoms with van der Waals surface area (Å²) < 4.78 is 41.2. The van der Waals surface area contributed by atoms with Crippen LogP contribution >= 0.6 is 11.8 Å². The molecular formula is C17H16FNO5S2. The third-order valence-corrected chi connectivity index (χ3v) is 5.22. The summed E-state index contributed by atoms with van der Waals surface area (Å²) in [6.45, 7) is -0.528. The van der Waals surface area contributed by atoms with Crippen LogP contribution in [0, 0.1) is 5.82 Å². The number of esters is 1. The van der Waals surface area contributed by atoms with Gasteiger partial charge in [0.05, 0.1) is 10.6 Å². The molecule has 26 heavy (non-hydrogen) atoms. The highest BCUT2D eigenvalue weighted by Crippen LogP contribution is 2.21. The van der Waals surface area contributed by atoms with Crippen molar-refractivity contribution in [2.24, 2.45) is 0 Å². The lowest BCUT2D eigenvalue weighted by Gasteiger charge is -2.08. The van der Waals surface area contributed by atoms with E-state index < -0.39 is 34.1 Å². The molecule has 1 N–H and O–H groups in total. The van der Waals surface area contributed by atoms with E-state index in [1.807, 2.05) is 0 Å². The molecule has 2 rings (SSSR count). The minimum absolute atomic E-state index is 0.0635. The first kappa shape index (κ1) is 19.9.